The highest BCUT2D eigenvalue weighted by molar-refractivity contribution is 5.68. The summed E-state index contributed by atoms with van der Waals surface area (Å²) >= 11 is 0. The zero-order chi connectivity index (χ0) is 19.3. The molecule has 0 saturated carbocycles. The maximum atomic E-state index is 12.1. The first-order valence-electron chi connectivity index (χ1n) is 11.3. The van der Waals surface area contributed by atoms with Crippen molar-refractivity contribution in [2.45, 2.75) is 117 Å². The molecule has 0 aliphatic heterocycles. The number of hydrogen-bond donors (Lipinski definition) is 1. The summed E-state index contributed by atoms with van der Waals surface area (Å²) in [7, 11) is 0. The van der Waals surface area contributed by atoms with Crippen LogP contribution in [-0.4, -0.2) is 35.8 Å². The predicted octanol–water partition coefficient (Wildman–Crippen LogP) is 6.02. The van der Waals surface area contributed by atoms with Crippen molar-refractivity contribution in [2.24, 2.45) is 0 Å². The van der Waals surface area contributed by atoms with Gasteiger partial charge < -0.3 is 9.94 Å². The summed E-state index contributed by atoms with van der Waals surface area (Å²) in [5.74, 6) is -0.0590. The van der Waals surface area contributed by atoms with Crippen LogP contribution in [-0.2, 0) is 9.63 Å². The molecule has 0 aromatic rings. The Labute approximate surface area is 162 Å². The van der Waals surface area contributed by atoms with E-state index in [2.05, 4.69) is 13.8 Å². The fraction of sp³-hybridized carbons (Fsp3) is 0.955. The molecule has 0 rings (SSSR count). The van der Waals surface area contributed by atoms with Crippen LogP contribution in [0.4, 0.5) is 0 Å². The summed E-state index contributed by atoms with van der Waals surface area (Å²) in [6, 6.07) is 0. The summed E-state index contributed by atoms with van der Waals surface area (Å²) in [4.78, 5) is 17.8. The minimum atomic E-state index is -0.0590. The zero-order valence-electron chi connectivity index (χ0n) is 17.6. The first-order chi connectivity index (χ1) is 12.7. The second kappa shape index (κ2) is 20.7. The van der Waals surface area contributed by atoms with Crippen molar-refractivity contribution >= 4 is 5.97 Å². The van der Waals surface area contributed by atoms with Gasteiger partial charge in [-0.3, -0.25) is 4.79 Å². The minimum Gasteiger partial charge on any atom is -0.396 e. The molecule has 0 aromatic heterocycles. The standard InChI is InChI=1S/C22H45NO3/c1-3-5-7-15-19-23(20-16-8-6-4-2)26-22(25)18-14-12-10-9-11-13-17-21-24/h24H,3-21H2,1-2H3. The zero-order valence-corrected chi connectivity index (χ0v) is 17.6. The summed E-state index contributed by atoms with van der Waals surface area (Å²) < 4.78 is 0. The number of rotatable bonds is 20. The summed E-state index contributed by atoms with van der Waals surface area (Å²) in [6.07, 6.45) is 17.8. The Morgan fingerprint density at radius 1 is 0.692 bits per heavy atom. The molecule has 0 fully saturated rings. The third-order valence-electron chi connectivity index (χ3n) is 4.79. The van der Waals surface area contributed by atoms with E-state index in [-0.39, 0.29) is 5.97 Å². The van der Waals surface area contributed by atoms with Crippen molar-refractivity contribution in [1.82, 2.24) is 5.06 Å². The van der Waals surface area contributed by atoms with E-state index in [0.717, 1.165) is 51.6 Å². The SMILES string of the molecule is CCCCCCN(CCCCCC)OC(=O)CCCCCCCCCO. The molecule has 0 aromatic carbocycles. The van der Waals surface area contributed by atoms with Gasteiger partial charge in [0.25, 0.3) is 0 Å². The highest BCUT2D eigenvalue weighted by Crippen LogP contribution is 2.11. The fourth-order valence-corrected chi connectivity index (χ4v) is 3.09. The van der Waals surface area contributed by atoms with E-state index in [1.165, 1.54) is 57.8 Å². The topological polar surface area (TPSA) is 49.8 Å². The lowest BCUT2D eigenvalue weighted by atomic mass is 10.1. The van der Waals surface area contributed by atoms with Crippen LogP contribution in [0.15, 0.2) is 0 Å². The van der Waals surface area contributed by atoms with E-state index in [1.54, 1.807) is 0 Å². The Balaban J connectivity index is 3.84. The van der Waals surface area contributed by atoms with Gasteiger partial charge in [0.2, 0.25) is 0 Å². The molecular weight excluding hydrogens is 326 g/mol. The molecule has 26 heavy (non-hydrogen) atoms. The van der Waals surface area contributed by atoms with Crippen LogP contribution < -0.4 is 0 Å². The molecule has 0 radical (unpaired) electrons. The van der Waals surface area contributed by atoms with Crippen LogP contribution in [0.1, 0.15) is 117 Å². The third kappa shape index (κ3) is 18.2. The third-order valence-corrected chi connectivity index (χ3v) is 4.79. The van der Waals surface area contributed by atoms with Gasteiger partial charge in [-0.1, -0.05) is 84.5 Å². The first kappa shape index (κ1) is 25.4. The lowest BCUT2D eigenvalue weighted by Gasteiger charge is -2.21. The van der Waals surface area contributed by atoms with Gasteiger partial charge in [0, 0.05) is 26.1 Å². The van der Waals surface area contributed by atoms with Crippen molar-refractivity contribution in [3.8, 4) is 0 Å². The monoisotopic (exact) mass is 371 g/mol. The highest BCUT2D eigenvalue weighted by Gasteiger charge is 2.11. The molecule has 0 saturated heterocycles. The maximum Gasteiger partial charge on any atom is 0.325 e. The molecule has 4 heteroatoms. The maximum absolute atomic E-state index is 12.1. The summed E-state index contributed by atoms with van der Waals surface area (Å²) in [5, 5.41) is 10.7. The smallest absolute Gasteiger partial charge is 0.325 e. The average Bonchev–Trinajstić information content (AvgIpc) is 2.64. The number of unbranched alkanes of at least 4 members (excludes halogenated alkanes) is 12. The number of carbonyl (C=O) groups is 1. The molecule has 0 amide bonds. The van der Waals surface area contributed by atoms with Crippen LogP contribution in [0.5, 0.6) is 0 Å². The van der Waals surface area contributed by atoms with Gasteiger partial charge in [0.1, 0.15) is 0 Å². The van der Waals surface area contributed by atoms with Gasteiger partial charge in [0.05, 0.1) is 0 Å². The van der Waals surface area contributed by atoms with Gasteiger partial charge in [-0.05, 0) is 25.7 Å². The number of nitrogens with zero attached hydrogens (tertiary/aromatic N) is 1. The number of hydrogen-bond acceptors (Lipinski definition) is 4. The summed E-state index contributed by atoms with van der Waals surface area (Å²) in [5.41, 5.74) is 0. The second-order valence-electron chi connectivity index (χ2n) is 7.46. The van der Waals surface area contributed by atoms with E-state index in [0.29, 0.717) is 13.0 Å². The number of aliphatic hydroxyl groups excluding tert-OH is 1. The van der Waals surface area contributed by atoms with E-state index < -0.39 is 0 Å². The minimum absolute atomic E-state index is 0.0590. The highest BCUT2D eigenvalue weighted by atomic mass is 16.7. The van der Waals surface area contributed by atoms with Gasteiger partial charge in [-0.15, -0.1) is 5.06 Å². The normalized spacial score (nSPS) is 11.2. The Morgan fingerprint density at radius 2 is 1.15 bits per heavy atom. The van der Waals surface area contributed by atoms with Crippen molar-refractivity contribution in [3.05, 3.63) is 0 Å². The van der Waals surface area contributed by atoms with Crippen LogP contribution in [0.25, 0.3) is 0 Å². The second-order valence-corrected chi connectivity index (χ2v) is 7.46. The van der Waals surface area contributed by atoms with E-state index >= 15 is 0 Å². The molecule has 0 heterocycles. The number of aliphatic hydroxyl groups is 1. The van der Waals surface area contributed by atoms with E-state index in [1.807, 2.05) is 5.06 Å². The quantitative estimate of drug-likeness (QED) is 0.210. The van der Waals surface area contributed by atoms with Crippen LogP contribution in [0.2, 0.25) is 0 Å². The Kier molecular flexibility index (Phi) is 20.2. The van der Waals surface area contributed by atoms with E-state index in [4.69, 9.17) is 9.94 Å². The van der Waals surface area contributed by atoms with Crippen LogP contribution >= 0.6 is 0 Å². The lowest BCUT2D eigenvalue weighted by Crippen LogP contribution is -2.29. The molecule has 0 atom stereocenters. The van der Waals surface area contributed by atoms with Gasteiger partial charge in [-0.2, -0.15) is 0 Å². The average molecular weight is 372 g/mol. The lowest BCUT2D eigenvalue weighted by molar-refractivity contribution is -0.191. The first-order valence-corrected chi connectivity index (χ1v) is 11.3. The fourth-order valence-electron chi connectivity index (χ4n) is 3.09. The molecule has 0 unspecified atom stereocenters. The molecule has 1 N–H and O–H groups in total. The van der Waals surface area contributed by atoms with Crippen molar-refractivity contribution in [2.75, 3.05) is 19.7 Å². The van der Waals surface area contributed by atoms with Gasteiger partial charge in [-0.25, -0.2) is 0 Å². The molecule has 0 aliphatic rings. The molecular formula is C22H45NO3. The molecule has 4 nitrogen and oxygen atoms in total. The molecule has 156 valence electrons. The van der Waals surface area contributed by atoms with Crippen molar-refractivity contribution in [3.63, 3.8) is 0 Å². The van der Waals surface area contributed by atoms with Crippen LogP contribution in [0.3, 0.4) is 0 Å². The van der Waals surface area contributed by atoms with Crippen LogP contribution in [0, 0.1) is 0 Å². The predicted molar refractivity (Wildman–Crippen MR) is 110 cm³/mol. The van der Waals surface area contributed by atoms with Gasteiger partial charge >= 0.3 is 5.97 Å². The largest absolute Gasteiger partial charge is 0.396 e. The van der Waals surface area contributed by atoms with Crippen molar-refractivity contribution in [1.29, 1.82) is 0 Å². The molecule has 0 aliphatic carbocycles. The van der Waals surface area contributed by atoms with E-state index in [9.17, 15) is 4.79 Å². The Bertz CT molecular complexity index is 285. The van der Waals surface area contributed by atoms with Gasteiger partial charge in [0.15, 0.2) is 0 Å². The number of carbonyl (C=O) groups excluding carboxylic acids is 1. The molecule has 0 spiro atoms. The van der Waals surface area contributed by atoms with Crippen molar-refractivity contribution < 1.29 is 14.7 Å². The Morgan fingerprint density at radius 3 is 1.65 bits per heavy atom. The summed E-state index contributed by atoms with van der Waals surface area (Å²) in [6.45, 7) is 6.50. The number of hydroxylamine groups is 2. The molecule has 0 bridgehead atoms. The Hall–Kier alpha value is -0.610.